The Morgan fingerprint density at radius 3 is 2.38 bits per heavy atom. The van der Waals surface area contributed by atoms with Crippen molar-refractivity contribution < 1.29 is 14.7 Å². The fourth-order valence-corrected chi connectivity index (χ4v) is 1.16. The van der Waals surface area contributed by atoms with Crippen LogP contribution in [0.1, 0.15) is 24.2 Å². The number of phenols is 1. The van der Waals surface area contributed by atoms with E-state index in [1.54, 1.807) is 26.0 Å². The second-order valence-corrected chi connectivity index (χ2v) is 3.69. The lowest BCUT2D eigenvalue weighted by atomic mass is 10.1. The summed E-state index contributed by atoms with van der Waals surface area (Å²) in [7, 11) is 0. The standard InChI is InChI=1S/C11H14N2O3/c1-7(2)10(15)13(12)11(16)8-5-3-4-6-9(8)14/h3-7,14H,12H2,1-2H3. The normalized spacial score (nSPS) is 10.2. The summed E-state index contributed by atoms with van der Waals surface area (Å²) in [4.78, 5) is 23.2. The van der Waals surface area contributed by atoms with Gasteiger partial charge in [0.2, 0.25) is 5.91 Å². The number of hydrazine groups is 1. The van der Waals surface area contributed by atoms with Gasteiger partial charge < -0.3 is 5.11 Å². The van der Waals surface area contributed by atoms with E-state index in [0.717, 1.165) is 0 Å². The minimum absolute atomic E-state index is 0.0130. The number of rotatable bonds is 2. The third kappa shape index (κ3) is 2.38. The van der Waals surface area contributed by atoms with E-state index in [9.17, 15) is 14.7 Å². The summed E-state index contributed by atoms with van der Waals surface area (Å²) in [6.45, 7) is 3.28. The first-order valence-corrected chi connectivity index (χ1v) is 4.86. The molecule has 86 valence electrons. The molecule has 1 rings (SSSR count). The monoisotopic (exact) mass is 222 g/mol. The van der Waals surface area contributed by atoms with Crippen LogP contribution in [0.2, 0.25) is 0 Å². The summed E-state index contributed by atoms with van der Waals surface area (Å²) in [6, 6.07) is 5.93. The molecule has 3 N–H and O–H groups in total. The van der Waals surface area contributed by atoms with Gasteiger partial charge in [-0.05, 0) is 12.1 Å². The highest BCUT2D eigenvalue weighted by atomic mass is 16.3. The lowest BCUT2D eigenvalue weighted by Crippen LogP contribution is -2.44. The van der Waals surface area contributed by atoms with E-state index < -0.39 is 11.8 Å². The maximum atomic E-state index is 11.7. The number of amides is 2. The van der Waals surface area contributed by atoms with Crippen molar-refractivity contribution in [2.45, 2.75) is 13.8 Å². The molecule has 5 heteroatoms. The molecule has 0 saturated carbocycles. The number of para-hydroxylation sites is 1. The molecule has 1 aromatic rings. The molecule has 0 bridgehead atoms. The molecular weight excluding hydrogens is 208 g/mol. The summed E-state index contributed by atoms with van der Waals surface area (Å²) in [5, 5.41) is 9.96. The molecule has 0 spiro atoms. The maximum absolute atomic E-state index is 11.7. The lowest BCUT2D eigenvalue weighted by Gasteiger charge is -2.17. The number of aromatic hydroxyl groups is 1. The summed E-state index contributed by atoms with van der Waals surface area (Å²) in [5.74, 6) is 3.61. The van der Waals surface area contributed by atoms with Crippen LogP contribution in [0.15, 0.2) is 24.3 Å². The van der Waals surface area contributed by atoms with Gasteiger partial charge in [-0.25, -0.2) is 10.9 Å². The van der Waals surface area contributed by atoms with Crippen molar-refractivity contribution in [1.82, 2.24) is 5.01 Å². The molecule has 0 atom stereocenters. The smallest absolute Gasteiger partial charge is 0.278 e. The van der Waals surface area contributed by atoms with Gasteiger partial charge in [0, 0.05) is 5.92 Å². The predicted molar refractivity (Wildman–Crippen MR) is 58.3 cm³/mol. The Kier molecular flexibility index (Phi) is 3.63. The molecule has 0 aromatic heterocycles. The number of nitrogens with two attached hydrogens (primary N) is 1. The fraction of sp³-hybridized carbons (Fsp3) is 0.273. The van der Waals surface area contributed by atoms with Crippen molar-refractivity contribution in [1.29, 1.82) is 0 Å². The molecule has 2 amide bonds. The SMILES string of the molecule is CC(C)C(=O)N(N)C(=O)c1ccccc1O. The van der Waals surface area contributed by atoms with Crippen LogP contribution in [0, 0.1) is 5.92 Å². The Hall–Kier alpha value is -1.88. The molecule has 0 aliphatic carbocycles. The number of phenolic OH excluding ortho intramolecular Hbond substituents is 1. The third-order valence-corrected chi connectivity index (χ3v) is 2.08. The van der Waals surface area contributed by atoms with E-state index in [-0.39, 0.29) is 17.2 Å². The molecule has 0 aliphatic heterocycles. The van der Waals surface area contributed by atoms with Gasteiger partial charge in [-0.1, -0.05) is 26.0 Å². The zero-order valence-corrected chi connectivity index (χ0v) is 9.18. The Morgan fingerprint density at radius 2 is 1.88 bits per heavy atom. The van der Waals surface area contributed by atoms with Crippen LogP contribution in [-0.2, 0) is 4.79 Å². The summed E-state index contributed by atoms with van der Waals surface area (Å²) in [6.07, 6.45) is 0. The molecule has 0 fully saturated rings. The van der Waals surface area contributed by atoms with Crippen molar-refractivity contribution in [3.8, 4) is 5.75 Å². The first kappa shape index (κ1) is 12.2. The molecule has 0 saturated heterocycles. The summed E-state index contributed by atoms with van der Waals surface area (Å²) < 4.78 is 0. The summed E-state index contributed by atoms with van der Waals surface area (Å²) >= 11 is 0. The second-order valence-electron chi connectivity index (χ2n) is 3.69. The van der Waals surface area contributed by atoms with E-state index in [4.69, 9.17) is 5.84 Å². The number of carbonyl (C=O) groups excluding carboxylic acids is 2. The number of imide groups is 1. The van der Waals surface area contributed by atoms with E-state index in [2.05, 4.69) is 0 Å². The molecule has 0 heterocycles. The highest BCUT2D eigenvalue weighted by Gasteiger charge is 2.23. The molecular formula is C11H14N2O3. The highest BCUT2D eigenvalue weighted by Crippen LogP contribution is 2.17. The van der Waals surface area contributed by atoms with Crippen LogP contribution in [-0.4, -0.2) is 21.9 Å². The van der Waals surface area contributed by atoms with Crippen molar-refractivity contribution in [3.63, 3.8) is 0 Å². The minimum atomic E-state index is -0.711. The van der Waals surface area contributed by atoms with Crippen molar-refractivity contribution in [3.05, 3.63) is 29.8 Å². The third-order valence-electron chi connectivity index (χ3n) is 2.08. The van der Waals surface area contributed by atoms with Crippen LogP contribution >= 0.6 is 0 Å². The van der Waals surface area contributed by atoms with Crippen LogP contribution < -0.4 is 5.84 Å². The Morgan fingerprint density at radius 1 is 1.31 bits per heavy atom. The summed E-state index contributed by atoms with van der Waals surface area (Å²) in [5.41, 5.74) is 0.0130. The molecule has 0 radical (unpaired) electrons. The Labute approximate surface area is 93.4 Å². The minimum Gasteiger partial charge on any atom is -0.507 e. The highest BCUT2D eigenvalue weighted by molar-refractivity contribution is 6.05. The zero-order valence-electron chi connectivity index (χ0n) is 9.18. The van der Waals surface area contributed by atoms with Gasteiger partial charge in [-0.2, -0.15) is 0 Å². The van der Waals surface area contributed by atoms with Gasteiger partial charge in [-0.15, -0.1) is 0 Å². The number of nitrogens with zero attached hydrogens (tertiary/aromatic N) is 1. The first-order chi connectivity index (χ1) is 7.45. The molecule has 0 unspecified atom stereocenters. The van der Waals surface area contributed by atoms with E-state index in [1.807, 2.05) is 0 Å². The van der Waals surface area contributed by atoms with Crippen LogP contribution in [0.3, 0.4) is 0 Å². The van der Waals surface area contributed by atoms with Gasteiger partial charge in [0.15, 0.2) is 0 Å². The van der Waals surface area contributed by atoms with Crippen LogP contribution in [0.5, 0.6) is 5.75 Å². The quantitative estimate of drug-likeness (QED) is 0.442. The van der Waals surface area contributed by atoms with Gasteiger partial charge in [-0.3, -0.25) is 9.59 Å². The van der Waals surface area contributed by atoms with Crippen molar-refractivity contribution in [2.75, 3.05) is 0 Å². The first-order valence-electron chi connectivity index (χ1n) is 4.86. The van der Waals surface area contributed by atoms with Gasteiger partial charge in [0.05, 0.1) is 5.56 Å². The Balaban J connectivity index is 2.95. The Bertz CT molecular complexity index is 415. The maximum Gasteiger partial charge on any atom is 0.278 e. The van der Waals surface area contributed by atoms with E-state index in [1.165, 1.54) is 12.1 Å². The van der Waals surface area contributed by atoms with E-state index in [0.29, 0.717) is 5.01 Å². The van der Waals surface area contributed by atoms with Crippen LogP contribution in [0.25, 0.3) is 0 Å². The molecule has 5 nitrogen and oxygen atoms in total. The topological polar surface area (TPSA) is 83.6 Å². The molecule has 0 aliphatic rings. The predicted octanol–water partition coefficient (Wildman–Crippen LogP) is 0.891. The van der Waals surface area contributed by atoms with Crippen LogP contribution in [0.4, 0.5) is 0 Å². The number of hydrogen-bond donors (Lipinski definition) is 2. The molecule has 1 aromatic carbocycles. The van der Waals surface area contributed by atoms with Crippen molar-refractivity contribution >= 4 is 11.8 Å². The number of benzene rings is 1. The van der Waals surface area contributed by atoms with Gasteiger partial charge >= 0.3 is 0 Å². The van der Waals surface area contributed by atoms with Gasteiger partial charge in [0.25, 0.3) is 5.91 Å². The number of hydrogen-bond acceptors (Lipinski definition) is 4. The lowest BCUT2D eigenvalue weighted by molar-refractivity contribution is -0.132. The average Bonchev–Trinajstić information content (AvgIpc) is 2.26. The number of carbonyl (C=O) groups is 2. The second kappa shape index (κ2) is 4.76. The largest absolute Gasteiger partial charge is 0.507 e. The van der Waals surface area contributed by atoms with E-state index >= 15 is 0 Å². The zero-order chi connectivity index (χ0) is 12.3. The molecule has 16 heavy (non-hydrogen) atoms. The fourth-order valence-electron chi connectivity index (χ4n) is 1.16. The average molecular weight is 222 g/mol. The van der Waals surface area contributed by atoms with Gasteiger partial charge in [0.1, 0.15) is 5.75 Å². The van der Waals surface area contributed by atoms with Crippen molar-refractivity contribution in [2.24, 2.45) is 11.8 Å².